The van der Waals surface area contributed by atoms with Crippen molar-refractivity contribution in [1.29, 1.82) is 0 Å². The highest BCUT2D eigenvalue weighted by Crippen LogP contribution is 2.61. The monoisotopic (exact) mass is 708 g/mol. The fourth-order valence-corrected chi connectivity index (χ4v) is 8.39. The van der Waals surface area contributed by atoms with Crippen LogP contribution >= 0.6 is 55.1 Å². The minimum Gasteiger partial charge on any atom is -0.486 e. The minimum atomic E-state index is -0.469. The highest BCUT2D eigenvalue weighted by Gasteiger charge is 2.61. The number of imide groups is 1. The molecule has 4 aromatic carbocycles. The Bertz CT molecular complexity index is 1650. The molecule has 0 radical (unpaired) electrons. The number of halogens is 4. The van der Waals surface area contributed by atoms with Crippen LogP contribution in [0.3, 0.4) is 0 Å². The van der Waals surface area contributed by atoms with Gasteiger partial charge in [0, 0.05) is 27.4 Å². The predicted octanol–water partition coefficient (Wildman–Crippen LogP) is 8.32. The standard InChI is InChI=1S/C32H20Br2Cl2N2O3/c33-23-11-16(12-24(34)30(23)41-15-17-9-10-18(35)13-25(17)36)14-37-38-31(39)28-26-19-5-1-2-6-20(19)27(29(28)32(38)40)22-8-4-3-7-21(22)26/h1-14,26-29H,15H2/b37-14-/t26?,27?,28-,29-/m1/s1. The van der Waals surface area contributed by atoms with E-state index in [2.05, 4.69) is 61.2 Å². The fraction of sp³-hybridized carbons (Fsp3) is 0.156. The molecule has 2 amide bonds. The summed E-state index contributed by atoms with van der Waals surface area (Å²) in [7, 11) is 0. The van der Waals surface area contributed by atoms with Crippen molar-refractivity contribution in [2.45, 2.75) is 18.4 Å². The predicted molar refractivity (Wildman–Crippen MR) is 166 cm³/mol. The van der Waals surface area contributed by atoms with E-state index < -0.39 is 11.8 Å². The molecular weight excluding hydrogens is 691 g/mol. The Hall–Kier alpha value is -2.97. The van der Waals surface area contributed by atoms with Crippen LogP contribution < -0.4 is 4.74 Å². The molecular formula is C32H20Br2Cl2N2O3. The van der Waals surface area contributed by atoms with Crippen molar-refractivity contribution in [3.05, 3.63) is 131 Å². The number of hydrazone groups is 1. The third-order valence-corrected chi connectivity index (χ3v) is 9.92. The Morgan fingerprint density at radius 3 is 1.78 bits per heavy atom. The van der Waals surface area contributed by atoms with Gasteiger partial charge >= 0.3 is 0 Å². The third-order valence-electron chi connectivity index (χ3n) is 8.16. The first-order valence-corrected chi connectivity index (χ1v) is 15.3. The molecule has 4 aliphatic rings. The number of carbonyl (C=O) groups is 2. The number of nitrogens with zero attached hydrogens (tertiary/aromatic N) is 2. The topological polar surface area (TPSA) is 59.0 Å². The molecule has 1 saturated heterocycles. The summed E-state index contributed by atoms with van der Waals surface area (Å²) in [5, 5.41) is 6.57. The van der Waals surface area contributed by atoms with Gasteiger partial charge in [0.2, 0.25) is 0 Å². The second kappa shape index (κ2) is 10.4. The molecule has 9 heteroatoms. The number of benzene rings is 4. The van der Waals surface area contributed by atoms with Gasteiger partial charge in [-0.3, -0.25) is 9.59 Å². The van der Waals surface area contributed by atoms with E-state index in [9.17, 15) is 9.59 Å². The smallest absolute Gasteiger partial charge is 0.254 e. The van der Waals surface area contributed by atoms with Crippen LogP contribution in [0, 0.1) is 11.8 Å². The Morgan fingerprint density at radius 2 is 1.29 bits per heavy atom. The van der Waals surface area contributed by atoms with Gasteiger partial charge in [0.05, 0.1) is 27.0 Å². The molecule has 1 fully saturated rings. The lowest BCUT2D eigenvalue weighted by molar-refractivity contribution is -0.139. The molecule has 4 aromatic rings. The Morgan fingerprint density at radius 1 is 0.780 bits per heavy atom. The van der Waals surface area contributed by atoms with Gasteiger partial charge in [-0.15, -0.1) is 0 Å². The summed E-state index contributed by atoms with van der Waals surface area (Å²) in [6, 6.07) is 25.2. The number of carbonyl (C=O) groups excluding carboxylic acids is 2. The molecule has 0 N–H and O–H groups in total. The van der Waals surface area contributed by atoms with Gasteiger partial charge in [0.25, 0.3) is 11.8 Å². The average Bonchev–Trinajstić information content (AvgIpc) is 3.22. The van der Waals surface area contributed by atoms with Crippen LogP contribution in [-0.4, -0.2) is 23.0 Å². The first-order chi connectivity index (χ1) is 19.8. The number of amides is 2. The molecule has 5 nitrogen and oxygen atoms in total. The molecule has 204 valence electrons. The molecule has 0 saturated carbocycles. The summed E-state index contributed by atoms with van der Waals surface area (Å²) in [4.78, 5) is 27.5. The molecule has 0 aromatic heterocycles. The maximum Gasteiger partial charge on any atom is 0.254 e. The first-order valence-electron chi connectivity index (χ1n) is 13.0. The molecule has 1 aliphatic heterocycles. The minimum absolute atomic E-state index is 0.164. The number of hydrogen-bond donors (Lipinski definition) is 0. The molecule has 2 bridgehead atoms. The van der Waals surface area contributed by atoms with Gasteiger partial charge < -0.3 is 4.74 Å². The zero-order chi connectivity index (χ0) is 28.4. The Labute approximate surface area is 263 Å². The Kier molecular flexibility index (Phi) is 6.81. The van der Waals surface area contributed by atoms with E-state index in [1.165, 1.54) is 6.21 Å². The van der Waals surface area contributed by atoms with Crippen LogP contribution in [0.5, 0.6) is 5.75 Å². The van der Waals surface area contributed by atoms with E-state index in [0.29, 0.717) is 30.3 Å². The molecule has 1 heterocycles. The number of rotatable bonds is 5. The number of ether oxygens (including phenoxy) is 1. The van der Waals surface area contributed by atoms with Gasteiger partial charge in [0.15, 0.2) is 0 Å². The van der Waals surface area contributed by atoms with Crippen molar-refractivity contribution >= 4 is 73.1 Å². The maximum atomic E-state index is 13.8. The molecule has 41 heavy (non-hydrogen) atoms. The Balaban J connectivity index is 1.15. The van der Waals surface area contributed by atoms with Crippen LogP contribution in [0.15, 0.2) is 92.9 Å². The quantitative estimate of drug-likeness (QED) is 0.155. The van der Waals surface area contributed by atoms with E-state index in [-0.39, 0.29) is 30.3 Å². The summed E-state index contributed by atoms with van der Waals surface area (Å²) < 4.78 is 7.37. The van der Waals surface area contributed by atoms with E-state index in [1.807, 2.05) is 42.5 Å². The SMILES string of the molecule is O=C1[C@@H]2C3c4ccccc4C(c4ccccc43)[C@H]2C(=O)N1/N=C\c1cc(Br)c(OCc2ccc(Cl)cc2Cl)c(Br)c1. The van der Waals surface area contributed by atoms with E-state index in [4.69, 9.17) is 27.9 Å². The lowest BCUT2D eigenvalue weighted by atomic mass is 9.55. The van der Waals surface area contributed by atoms with Gasteiger partial charge in [0.1, 0.15) is 12.4 Å². The lowest BCUT2D eigenvalue weighted by Crippen LogP contribution is -2.41. The third kappa shape index (κ3) is 4.36. The summed E-state index contributed by atoms with van der Waals surface area (Å²) in [5.41, 5.74) is 6.01. The fourth-order valence-electron chi connectivity index (χ4n) is 6.48. The summed E-state index contributed by atoms with van der Waals surface area (Å²) in [5.74, 6) is -1.20. The van der Waals surface area contributed by atoms with Crippen molar-refractivity contribution in [2.24, 2.45) is 16.9 Å². The molecule has 3 aliphatic carbocycles. The van der Waals surface area contributed by atoms with Gasteiger partial charge in [-0.05, 0) is 83.9 Å². The molecule has 2 atom stereocenters. The molecule has 8 rings (SSSR count). The maximum absolute atomic E-state index is 13.8. The average molecular weight is 711 g/mol. The van der Waals surface area contributed by atoms with Crippen LogP contribution in [0.1, 0.15) is 45.2 Å². The highest BCUT2D eigenvalue weighted by atomic mass is 79.9. The zero-order valence-corrected chi connectivity index (χ0v) is 25.9. The van der Waals surface area contributed by atoms with Crippen LogP contribution in [0.2, 0.25) is 10.0 Å². The summed E-state index contributed by atoms with van der Waals surface area (Å²) in [6.07, 6.45) is 1.53. The first kappa shape index (κ1) is 26.9. The number of hydrogen-bond acceptors (Lipinski definition) is 4. The largest absolute Gasteiger partial charge is 0.486 e. The van der Waals surface area contributed by atoms with Crippen LogP contribution in [0.25, 0.3) is 0 Å². The van der Waals surface area contributed by atoms with Gasteiger partial charge in [-0.1, -0.05) is 77.8 Å². The van der Waals surface area contributed by atoms with Crippen molar-refractivity contribution < 1.29 is 14.3 Å². The normalized spacial score (nSPS) is 22.2. The zero-order valence-electron chi connectivity index (χ0n) is 21.2. The van der Waals surface area contributed by atoms with Crippen molar-refractivity contribution in [3.8, 4) is 5.75 Å². The second-order valence-electron chi connectivity index (χ2n) is 10.3. The molecule has 0 unspecified atom stereocenters. The van der Waals surface area contributed by atoms with Crippen LogP contribution in [0.4, 0.5) is 0 Å². The second-order valence-corrected chi connectivity index (χ2v) is 12.9. The van der Waals surface area contributed by atoms with Crippen molar-refractivity contribution in [1.82, 2.24) is 5.01 Å². The van der Waals surface area contributed by atoms with E-state index in [1.54, 1.807) is 12.1 Å². The van der Waals surface area contributed by atoms with E-state index in [0.717, 1.165) is 32.8 Å². The van der Waals surface area contributed by atoms with E-state index >= 15 is 0 Å². The summed E-state index contributed by atoms with van der Waals surface area (Å²) in [6.45, 7) is 0.243. The molecule has 0 spiro atoms. The van der Waals surface area contributed by atoms with Crippen molar-refractivity contribution in [2.75, 3.05) is 0 Å². The summed E-state index contributed by atoms with van der Waals surface area (Å²) >= 11 is 19.4. The van der Waals surface area contributed by atoms with Crippen molar-refractivity contribution in [3.63, 3.8) is 0 Å². The van der Waals surface area contributed by atoms with Gasteiger partial charge in [-0.2, -0.15) is 10.1 Å². The van der Waals surface area contributed by atoms with Gasteiger partial charge in [-0.25, -0.2) is 0 Å². The van der Waals surface area contributed by atoms with Crippen LogP contribution in [-0.2, 0) is 16.2 Å². The highest BCUT2D eigenvalue weighted by molar-refractivity contribution is 9.11. The lowest BCUT2D eigenvalue weighted by Gasteiger charge is -2.45.